The van der Waals surface area contributed by atoms with Crippen molar-refractivity contribution in [3.63, 3.8) is 0 Å². The predicted molar refractivity (Wildman–Crippen MR) is 161 cm³/mol. The molecule has 0 atom stereocenters. The maximum Gasteiger partial charge on any atom is 0.417 e. The quantitative estimate of drug-likeness (QED) is 0.147. The molecule has 8 nitrogen and oxygen atoms in total. The Morgan fingerprint density at radius 1 is 0.867 bits per heavy atom. The minimum atomic E-state index is -4.81. The first-order valence-corrected chi connectivity index (χ1v) is 13.8. The summed E-state index contributed by atoms with van der Waals surface area (Å²) in [6, 6.07) is 21.7. The summed E-state index contributed by atoms with van der Waals surface area (Å²) in [5, 5.41) is 11.5. The number of benzene rings is 4. The van der Waals surface area contributed by atoms with Gasteiger partial charge in [-0.1, -0.05) is 48.5 Å². The van der Waals surface area contributed by atoms with E-state index in [-0.39, 0.29) is 34.5 Å². The molecule has 232 valence electrons. The molecule has 0 saturated carbocycles. The van der Waals surface area contributed by atoms with Gasteiger partial charge in [0.05, 0.1) is 27.9 Å². The molecule has 0 aliphatic carbocycles. The average Bonchev–Trinajstić information content (AvgIpc) is 3.01. The van der Waals surface area contributed by atoms with E-state index in [4.69, 9.17) is 9.84 Å². The average molecular weight is 619 g/mol. The molecule has 0 fully saturated rings. The number of aryl methyl sites for hydroxylation is 1. The SMILES string of the molecule is CN(C)C(=O)c1cc(CCCC(=O)Oc2ccc(C(=O)O)cc2)ccc1NC(=O)c1c(-c2ccccc2)cccc1C(F)(F)F. The maximum atomic E-state index is 14.1. The number of carbonyl (C=O) groups excluding carboxylic acids is 3. The third-order valence-electron chi connectivity index (χ3n) is 6.83. The van der Waals surface area contributed by atoms with Crippen molar-refractivity contribution in [2.24, 2.45) is 0 Å². The van der Waals surface area contributed by atoms with Gasteiger partial charge in [0.25, 0.3) is 11.8 Å². The van der Waals surface area contributed by atoms with Crippen molar-refractivity contribution in [3.05, 3.63) is 119 Å². The monoisotopic (exact) mass is 618 g/mol. The molecule has 0 unspecified atom stereocenters. The molecule has 0 aromatic heterocycles. The zero-order valence-corrected chi connectivity index (χ0v) is 24.4. The van der Waals surface area contributed by atoms with E-state index in [0.29, 0.717) is 24.0 Å². The van der Waals surface area contributed by atoms with Crippen LogP contribution >= 0.6 is 0 Å². The molecule has 45 heavy (non-hydrogen) atoms. The van der Waals surface area contributed by atoms with E-state index < -0.39 is 41.1 Å². The molecule has 0 radical (unpaired) electrons. The van der Waals surface area contributed by atoms with Gasteiger partial charge < -0.3 is 20.1 Å². The highest BCUT2D eigenvalue weighted by Crippen LogP contribution is 2.37. The van der Waals surface area contributed by atoms with Crippen LogP contribution < -0.4 is 10.1 Å². The molecular formula is C34H29F3N2O6. The van der Waals surface area contributed by atoms with E-state index in [0.717, 1.165) is 6.07 Å². The smallest absolute Gasteiger partial charge is 0.417 e. The first kappa shape index (κ1) is 32.5. The van der Waals surface area contributed by atoms with Crippen LogP contribution in [-0.4, -0.2) is 47.9 Å². The summed E-state index contributed by atoms with van der Waals surface area (Å²) in [6.45, 7) is 0. The second-order valence-corrected chi connectivity index (χ2v) is 10.3. The maximum absolute atomic E-state index is 14.1. The van der Waals surface area contributed by atoms with Gasteiger partial charge in [0, 0.05) is 20.5 Å². The lowest BCUT2D eigenvalue weighted by molar-refractivity contribution is -0.138. The molecule has 4 rings (SSSR count). The molecule has 0 bridgehead atoms. The van der Waals surface area contributed by atoms with Crippen molar-refractivity contribution >= 4 is 29.4 Å². The third-order valence-corrected chi connectivity index (χ3v) is 6.83. The molecule has 11 heteroatoms. The van der Waals surface area contributed by atoms with Gasteiger partial charge in [-0.15, -0.1) is 0 Å². The standard InChI is InChI=1S/C34H29F3N2O6/c1-39(2)32(42)26-20-21(8-6-13-29(40)45-24-17-15-23(16-18-24)33(43)44)14-19-28(26)38-31(41)30-25(22-9-4-3-5-10-22)11-7-12-27(30)34(35,36)37/h3-5,7,9-12,14-20H,6,8,13H2,1-2H3,(H,38,41)(H,43,44). The highest BCUT2D eigenvalue weighted by atomic mass is 19.4. The number of hydrogen-bond donors (Lipinski definition) is 2. The second-order valence-electron chi connectivity index (χ2n) is 10.3. The van der Waals surface area contributed by atoms with Crippen LogP contribution in [0.25, 0.3) is 11.1 Å². The highest BCUT2D eigenvalue weighted by molar-refractivity contribution is 6.12. The molecule has 2 amide bonds. The number of carboxylic acids is 1. The fourth-order valence-corrected chi connectivity index (χ4v) is 4.63. The lowest BCUT2D eigenvalue weighted by Crippen LogP contribution is -2.25. The fourth-order valence-electron chi connectivity index (χ4n) is 4.63. The van der Waals surface area contributed by atoms with Crippen molar-refractivity contribution in [3.8, 4) is 16.9 Å². The number of ether oxygens (including phenoxy) is 1. The molecular weight excluding hydrogens is 589 g/mol. The number of alkyl halides is 3. The minimum absolute atomic E-state index is 0.0205. The lowest BCUT2D eigenvalue weighted by Gasteiger charge is -2.19. The Balaban J connectivity index is 1.54. The van der Waals surface area contributed by atoms with E-state index in [1.165, 1.54) is 67.5 Å². The summed E-state index contributed by atoms with van der Waals surface area (Å²) < 4.78 is 47.4. The second kappa shape index (κ2) is 13.9. The Bertz CT molecular complexity index is 1720. The first-order chi connectivity index (χ1) is 21.3. The molecule has 0 aliphatic heterocycles. The fraction of sp³-hybridized carbons (Fsp3) is 0.176. The Labute approximate surface area is 257 Å². The van der Waals surface area contributed by atoms with Crippen LogP contribution in [0.1, 0.15) is 55.0 Å². The van der Waals surface area contributed by atoms with Gasteiger partial charge in [0.15, 0.2) is 0 Å². The van der Waals surface area contributed by atoms with Gasteiger partial charge in [-0.05, 0) is 72.0 Å². The van der Waals surface area contributed by atoms with Crippen molar-refractivity contribution in [2.45, 2.75) is 25.4 Å². The normalized spacial score (nSPS) is 11.0. The van der Waals surface area contributed by atoms with E-state index in [1.54, 1.807) is 36.4 Å². The summed E-state index contributed by atoms with van der Waals surface area (Å²) in [5.74, 6) is -2.95. The van der Waals surface area contributed by atoms with Crippen LogP contribution in [0.4, 0.5) is 18.9 Å². The van der Waals surface area contributed by atoms with Crippen LogP contribution in [-0.2, 0) is 17.4 Å². The van der Waals surface area contributed by atoms with Gasteiger partial charge >= 0.3 is 18.1 Å². The Morgan fingerprint density at radius 2 is 1.56 bits per heavy atom. The summed E-state index contributed by atoms with van der Waals surface area (Å²) in [4.78, 5) is 51.2. The summed E-state index contributed by atoms with van der Waals surface area (Å²) in [5.41, 5.74) is -0.367. The van der Waals surface area contributed by atoms with Crippen molar-refractivity contribution in [1.29, 1.82) is 0 Å². The van der Waals surface area contributed by atoms with Crippen LogP contribution in [0, 0.1) is 0 Å². The largest absolute Gasteiger partial charge is 0.478 e. The molecule has 2 N–H and O–H groups in total. The number of halogens is 3. The number of esters is 1. The Kier molecular flexibility index (Phi) is 10.0. The van der Waals surface area contributed by atoms with Crippen molar-refractivity contribution < 1.29 is 42.2 Å². The first-order valence-electron chi connectivity index (χ1n) is 13.8. The highest BCUT2D eigenvalue weighted by Gasteiger charge is 2.37. The van der Waals surface area contributed by atoms with Gasteiger partial charge in [-0.3, -0.25) is 14.4 Å². The van der Waals surface area contributed by atoms with Crippen LogP contribution in [0.15, 0.2) is 91.0 Å². The number of anilines is 1. The number of amides is 2. The number of nitrogens with zero attached hydrogens (tertiary/aromatic N) is 1. The van der Waals surface area contributed by atoms with Gasteiger partial charge in [-0.2, -0.15) is 13.2 Å². The van der Waals surface area contributed by atoms with Crippen molar-refractivity contribution in [2.75, 3.05) is 19.4 Å². The molecule has 0 heterocycles. The molecule has 0 spiro atoms. The summed E-state index contributed by atoms with van der Waals surface area (Å²) in [7, 11) is 3.01. The van der Waals surface area contributed by atoms with Gasteiger partial charge in [0.2, 0.25) is 0 Å². The summed E-state index contributed by atoms with van der Waals surface area (Å²) in [6.07, 6.45) is -4.10. The van der Waals surface area contributed by atoms with E-state index in [1.807, 2.05) is 0 Å². The molecule has 0 aliphatic rings. The zero-order chi connectivity index (χ0) is 32.7. The van der Waals surface area contributed by atoms with Crippen LogP contribution in [0.3, 0.4) is 0 Å². The van der Waals surface area contributed by atoms with E-state index >= 15 is 0 Å². The summed E-state index contributed by atoms with van der Waals surface area (Å²) >= 11 is 0. The topological polar surface area (TPSA) is 113 Å². The van der Waals surface area contributed by atoms with Gasteiger partial charge in [0.1, 0.15) is 5.75 Å². The number of carbonyl (C=O) groups is 4. The number of rotatable bonds is 10. The number of aromatic carboxylic acids is 1. The lowest BCUT2D eigenvalue weighted by atomic mass is 9.94. The Morgan fingerprint density at radius 3 is 2.18 bits per heavy atom. The zero-order valence-electron chi connectivity index (χ0n) is 24.4. The van der Waals surface area contributed by atoms with Gasteiger partial charge in [-0.25, -0.2) is 4.79 Å². The number of nitrogens with one attached hydrogen (secondary N) is 1. The van der Waals surface area contributed by atoms with E-state index in [9.17, 15) is 32.3 Å². The van der Waals surface area contributed by atoms with Crippen LogP contribution in [0.2, 0.25) is 0 Å². The third kappa shape index (κ3) is 8.14. The molecule has 4 aromatic rings. The van der Waals surface area contributed by atoms with E-state index in [2.05, 4.69) is 5.32 Å². The van der Waals surface area contributed by atoms with Crippen molar-refractivity contribution in [1.82, 2.24) is 4.90 Å². The predicted octanol–water partition coefficient (Wildman–Crippen LogP) is 6.95. The minimum Gasteiger partial charge on any atom is -0.478 e. The Hall–Kier alpha value is -5.45. The molecule has 0 saturated heterocycles. The molecule has 4 aromatic carbocycles. The number of hydrogen-bond acceptors (Lipinski definition) is 5. The van der Waals surface area contributed by atoms with Crippen LogP contribution in [0.5, 0.6) is 5.75 Å². The number of carboxylic acid groups (broad SMARTS) is 1.